The SMILES string of the molecule is C=CC1CCC(C=Cc2ccc(COCCCC)cc2)CC1. The minimum atomic E-state index is 0.732. The van der Waals surface area contributed by atoms with E-state index >= 15 is 0 Å². The molecule has 1 fully saturated rings. The minimum Gasteiger partial charge on any atom is -0.377 e. The van der Waals surface area contributed by atoms with E-state index in [1.807, 2.05) is 0 Å². The zero-order chi connectivity index (χ0) is 15.6. The van der Waals surface area contributed by atoms with Crippen LogP contribution in [0.1, 0.15) is 56.6 Å². The summed E-state index contributed by atoms with van der Waals surface area (Å²) in [6, 6.07) is 8.76. The summed E-state index contributed by atoms with van der Waals surface area (Å²) < 4.78 is 5.65. The van der Waals surface area contributed by atoms with Crippen LogP contribution in [0.2, 0.25) is 0 Å². The highest BCUT2D eigenvalue weighted by atomic mass is 16.5. The van der Waals surface area contributed by atoms with E-state index in [1.165, 1.54) is 43.2 Å². The number of hydrogen-bond donors (Lipinski definition) is 0. The van der Waals surface area contributed by atoms with Crippen LogP contribution >= 0.6 is 0 Å². The quantitative estimate of drug-likeness (QED) is 0.422. The first-order chi connectivity index (χ1) is 10.8. The van der Waals surface area contributed by atoms with Crippen LogP contribution in [-0.2, 0) is 11.3 Å². The molecule has 1 heteroatoms. The fraction of sp³-hybridized carbons (Fsp3) is 0.524. The lowest BCUT2D eigenvalue weighted by atomic mass is 9.82. The van der Waals surface area contributed by atoms with Crippen molar-refractivity contribution in [3.05, 3.63) is 54.1 Å². The molecule has 2 rings (SSSR count). The first-order valence-electron chi connectivity index (χ1n) is 8.79. The highest BCUT2D eigenvalue weighted by Crippen LogP contribution is 2.30. The van der Waals surface area contributed by atoms with Crippen molar-refractivity contribution in [3.8, 4) is 0 Å². The van der Waals surface area contributed by atoms with Crippen LogP contribution in [-0.4, -0.2) is 6.61 Å². The van der Waals surface area contributed by atoms with Crippen molar-refractivity contribution in [3.63, 3.8) is 0 Å². The lowest BCUT2D eigenvalue weighted by Crippen LogP contribution is -2.10. The van der Waals surface area contributed by atoms with Crippen molar-refractivity contribution in [1.82, 2.24) is 0 Å². The number of rotatable bonds is 8. The van der Waals surface area contributed by atoms with Crippen molar-refractivity contribution in [1.29, 1.82) is 0 Å². The van der Waals surface area contributed by atoms with Gasteiger partial charge in [-0.15, -0.1) is 6.58 Å². The lowest BCUT2D eigenvalue weighted by Gasteiger charge is -2.24. The molecular weight excluding hydrogens is 268 g/mol. The van der Waals surface area contributed by atoms with E-state index < -0.39 is 0 Å². The molecule has 0 aromatic heterocycles. The standard InChI is InChI=1S/C21H30O/c1-3-5-16-22-17-21-14-12-20(13-15-21)11-10-19-8-6-18(4-2)7-9-19/h4,10-15,18-19H,2-3,5-9,16-17H2,1H3. The Balaban J connectivity index is 1.76. The third-order valence-corrected chi connectivity index (χ3v) is 4.60. The van der Waals surface area contributed by atoms with Gasteiger partial charge in [0.2, 0.25) is 0 Å². The second-order valence-corrected chi connectivity index (χ2v) is 6.42. The maximum Gasteiger partial charge on any atom is 0.0716 e. The Kier molecular flexibility index (Phi) is 7.45. The fourth-order valence-corrected chi connectivity index (χ4v) is 2.98. The largest absolute Gasteiger partial charge is 0.377 e. The van der Waals surface area contributed by atoms with E-state index in [4.69, 9.17) is 4.74 Å². The van der Waals surface area contributed by atoms with Gasteiger partial charge in [0.15, 0.2) is 0 Å². The maximum atomic E-state index is 5.65. The summed E-state index contributed by atoms with van der Waals surface area (Å²) in [7, 11) is 0. The van der Waals surface area contributed by atoms with Gasteiger partial charge in [0.1, 0.15) is 0 Å². The molecule has 22 heavy (non-hydrogen) atoms. The molecule has 0 saturated heterocycles. The lowest BCUT2D eigenvalue weighted by molar-refractivity contribution is 0.118. The van der Waals surface area contributed by atoms with Gasteiger partial charge in [0, 0.05) is 6.61 Å². The van der Waals surface area contributed by atoms with Crippen molar-refractivity contribution < 1.29 is 4.74 Å². The molecule has 1 aliphatic rings. The smallest absolute Gasteiger partial charge is 0.0716 e. The Labute approximate surface area is 136 Å². The van der Waals surface area contributed by atoms with Gasteiger partial charge in [0.05, 0.1) is 6.61 Å². The molecule has 0 spiro atoms. The van der Waals surface area contributed by atoms with Crippen LogP contribution in [0.4, 0.5) is 0 Å². The summed E-state index contributed by atoms with van der Waals surface area (Å²) in [6.07, 6.45) is 14.3. The zero-order valence-electron chi connectivity index (χ0n) is 14.0. The molecule has 0 N–H and O–H groups in total. The summed E-state index contributed by atoms with van der Waals surface area (Å²) in [6.45, 7) is 7.70. The Morgan fingerprint density at radius 2 is 1.77 bits per heavy atom. The summed E-state index contributed by atoms with van der Waals surface area (Å²) in [5, 5.41) is 0. The zero-order valence-corrected chi connectivity index (χ0v) is 14.0. The fourth-order valence-electron chi connectivity index (χ4n) is 2.98. The van der Waals surface area contributed by atoms with Crippen molar-refractivity contribution >= 4 is 6.08 Å². The third-order valence-electron chi connectivity index (χ3n) is 4.60. The molecule has 1 nitrogen and oxygen atoms in total. The number of hydrogen-bond acceptors (Lipinski definition) is 1. The molecule has 1 aliphatic carbocycles. The molecule has 1 aromatic rings. The third kappa shape index (κ3) is 5.81. The first kappa shape index (κ1) is 17.0. The summed E-state index contributed by atoms with van der Waals surface area (Å²) in [4.78, 5) is 0. The van der Waals surface area contributed by atoms with E-state index in [-0.39, 0.29) is 0 Å². The summed E-state index contributed by atoms with van der Waals surface area (Å²) in [5.41, 5.74) is 2.56. The van der Waals surface area contributed by atoms with E-state index in [1.54, 1.807) is 0 Å². The average Bonchev–Trinajstić information content (AvgIpc) is 2.58. The van der Waals surface area contributed by atoms with Crippen molar-refractivity contribution in [2.75, 3.05) is 6.61 Å². The Morgan fingerprint density at radius 1 is 1.09 bits per heavy atom. The van der Waals surface area contributed by atoms with Gasteiger partial charge in [-0.1, -0.05) is 55.8 Å². The predicted octanol–water partition coefficient (Wildman–Crippen LogP) is 6.01. The minimum absolute atomic E-state index is 0.732. The Morgan fingerprint density at radius 3 is 2.41 bits per heavy atom. The van der Waals surface area contributed by atoms with Gasteiger partial charge in [-0.3, -0.25) is 0 Å². The molecule has 120 valence electrons. The van der Waals surface area contributed by atoms with Crippen LogP contribution < -0.4 is 0 Å². The second kappa shape index (κ2) is 9.63. The van der Waals surface area contributed by atoms with Gasteiger partial charge in [-0.05, 0) is 55.1 Å². The monoisotopic (exact) mass is 298 g/mol. The van der Waals surface area contributed by atoms with Crippen LogP contribution in [0.3, 0.4) is 0 Å². The van der Waals surface area contributed by atoms with E-state index in [0.717, 1.165) is 31.5 Å². The molecule has 0 aliphatic heterocycles. The summed E-state index contributed by atoms with van der Waals surface area (Å²) in [5.74, 6) is 1.49. The Hall–Kier alpha value is -1.34. The molecule has 0 heterocycles. The number of ether oxygens (including phenoxy) is 1. The van der Waals surface area contributed by atoms with Crippen LogP contribution in [0.5, 0.6) is 0 Å². The first-order valence-corrected chi connectivity index (χ1v) is 8.79. The topological polar surface area (TPSA) is 9.23 Å². The van der Waals surface area contributed by atoms with Crippen molar-refractivity contribution in [2.45, 2.75) is 52.1 Å². The predicted molar refractivity (Wildman–Crippen MR) is 95.7 cm³/mol. The molecule has 0 atom stereocenters. The van der Waals surface area contributed by atoms with Crippen LogP contribution in [0, 0.1) is 11.8 Å². The van der Waals surface area contributed by atoms with Gasteiger partial charge in [0.25, 0.3) is 0 Å². The molecule has 1 saturated carbocycles. The van der Waals surface area contributed by atoms with Gasteiger partial charge >= 0.3 is 0 Å². The van der Waals surface area contributed by atoms with E-state index in [0.29, 0.717) is 0 Å². The molecule has 0 bridgehead atoms. The van der Waals surface area contributed by atoms with Crippen molar-refractivity contribution in [2.24, 2.45) is 11.8 Å². The molecule has 0 radical (unpaired) electrons. The maximum absolute atomic E-state index is 5.65. The summed E-state index contributed by atoms with van der Waals surface area (Å²) >= 11 is 0. The van der Waals surface area contributed by atoms with Gasteiger partial charge < -0.3 is 4.74 Å². The van der Waals surface area contributed by atoms with Crippen LogP contribution in [0.25, 0.3) is 6.08 Å². The molecule has 0 unspecified atom stereocenters. The average molecular weight is 298 g/mol. The van der Waals surface area contributed by atoms with Gasteiger partial charge in [-0.2, -0.15) is 0 Å². The number of unbranched alkanes of at least 4 members (excludes halogenated alkanes) is 1. The Bertz CT molecular complexity index is 449. The highest BCUT2D eigenvalue weighted by molar-refractivity contribution is 5.50. The normalized spacial score (nSPS) is 22.0. The molecular formula is C21H30O. The number of allylic oxidation sites excluding steroid dienone is 2. The van der Waals surface area contributed by atoms with Crippen LogP contribution in [0.15, 0.2) is 43.0 Å². The number of benzene rings is 1. The van der Waals surface area contributed by atoms with E-state index in [2.05, 4.69) is 56.0 Å². The van der Waals surface area contributed by atoms with Gasteiger partial charge in [-0.25, -0.2) is 0 Å². The molecule has 0 amide bonds. The molecule has 1 aromatic carbocycles. The second-order valence-electron chi connectivity index (χ2n) is 6.42. The highest BCUT2D eigenvalue weighted by Gasteiger charge is 2.16. The van der Waals surface area contributed by atoms with E-state index in [9.17, 15) is 0 Å².